The van der Waals surface area contributed by atoms with E-state index in [4.69, 9.17) is 18.6 Å². The fourth-order valence-corrected chi connectivity index (χ4v) is 10.3. The van der Waals surface area contributed by atoms with Gasteiger partial charge < -0.3 is 23.5 Å². The van der Waals surface area contributed by atoms with Gasteiger partial charge in [0.1, 0.15) is 11.9 Å². The number of hydrogen-bond donors (Lipinski definition) is 1. The predicted octanol–water partition coefficient (Wildman–Crippen LogP) is 7.11. The summed E-state index contributed by atoms with van der Waals surface area (Å²) in [6.45, 7) is 5.15. The lowest BCUT2D eigenvalue weighted by molar-refractivity contribution is -0.257. The number of halogens is 3. The highest BCUT2D eigenvalue weighted by molar-refractivity contribution is 7.90. The number of nitrogens with zero attached hydrogens (tertiary/aromatic N) is 3. The zero-order valence-electron chi connectivity index (χ0n) is 35.4. The molecule has 4 heterocycles. The lowest BCUT2D eigenvalue weighted by Gasteiger charge is -2.34. The van der Waals surface area contributed by atoms with Crippen molar-refractivity contribution in [2.75, 3.05) is 13.7 Å². The van der Waals surface area contributed by atoms with Gasteiger partial charge in [-0.1, -0.05) is 32.4 Å². The van der Waals surface area contributed by atoms with Crippen molar-refractivity contribution in [3.05, 3.63) is 49.1 Å². The number of amides is 2. The molecule has 336 valence electrons. The van der Waals surface area contributed by atoms with Crippen LogP contribution in [0.5, 0.6) is 11.6 Å². The number of ether oxygens (including phenoxy) is 3. The highest BCUT2D eigenvalue weighted by Crippen LogP contribution is 2.57. The van der Waals surface area contributed by atoms with Crippen LogP contribution < -0.4 is 14.2 Å². The third kappa shape index (κ3) is 9.35. The Morgan fingerprint density at radius 2 is 1.84 bits per heavy atom. The van der Waals surface area contributed by atoms with Gasteiger partial charge in [0.05, 0.1) is 48.9 Å². The molecule has 0 unspecified atom stereocenters. The summed E-state index contributed by atoms with van der Waals surface area (Å²) in [5.74, 6) is -4.06. The first-order chi connectivity index (χ1) is 29.3. The molecule has 3 fully saturated rings. The molecule has 62 heavy (non-hydrogen) atoms. The SMILES string of the molecule is CC[C@@H]1C[C@H](C)CC/C=C\[C@@H]2C[C@@]2(C(=O)NS(=O)(=O)C2CC2)CC(=O)[C@@H]2C[C@@H](Oc3ncc(-c4cnco4)c4cc(OC)ccc34)CN2C(=O)[C@H]1CC(=O)OC(C)(C)C(F)(F)F. The van der Waals surface area contributed by atoms with E-state index in [9.17, 15) is 36.0 Å². The van der Waals surface area contributed by atoms with Gasteiger partial charge in [-0.05, 0) is 88.3 Å². The van der Waals surface area contributed by atoms with Gasteiger partial charge in [0.2, 0.25) is 33.3 Å². The number of rotatable bonds is 11. The first-order valence-electron chi connectivity index (χ1n) is 21.1. The molecule has 18 heteroatoms. The second kappa shape index (κ2) is 17.3. The number of fused-ring (bicyclic) bond motifs is 3. The van der Waals surface area contributed by atoms with Gasteiger partial charge in [-0.25, -0.2) is 18.4 Å². The number of methoxy groups -OCH3 is 1. The van der Waals surface area contributed by atoms with Crippen LogP contribution >= 0.6 is 0 Å². The minimum absolute atomic E-state index is 0.00797. The predicted molar refractivity (Wildman–Crippen MR) is 219 cm³/mol. The maximum absolute atomic E-state index is 15.1. The first-order valence-corrected chi connectivity index (χ1v) is 22.7. The topological polar surface area (TPSA) is 184 Å². The molecule has 2 aromatic heterocycles. The molecule has 2 aliphatic carbocycles. The summed E-state index contributed by atoms with van der Waals surface area (Å²) >= 11 is 0. The summed E-state index contributed by atoms with van der Waals surface area (Å²) in [6, 6.07) is 4.04. The fourth-order valence-electron chi connectivity index (χ4n) is 8.93. The summed E-state index contributed by atoms with van der Waals surface area (Å²) in [4.78, 5) is 67.2. The highest BCUT2D eigenvalue weighted by Gasteiger charge is 2.62. The van der Waals surface area contributed by atoms with E-state index < -0.39 is 92.4 Å². The number of sulfonamides is 1. The molecular formula is C44H53F3N4O10S. The monoisotopic (exact) mass is 886 g/mol. The van der Waals surface area contributed by atoms with Crippen LogP contribution in [0.15, 0.2) is 53.6 Å². The molecular weight excluding hydrogens is 834 g/mol. The minimum Gasteiger partial charge on any atom is -0.497 e. The number of hydrogen-bond acceptors (Lipinski definition) is 12. The standard InChI is InChI=1S/C44H53F3N4O10S/c1-6-26-15-25(2)9-7-8-10-27-19-43(27,41(55)50-62(56,57)30-12-13-30)20-36(52)35-17-29(23-51(35)40(54)32(26)18-38(53)61-42(3,4)44(45,46)47)60-39-31-14-11-28(58-5)16-33(31)34(21-49-39)37-22-48-24-59-37/h8,10-11,14,16,21-22,24-27,29-30,32,35H,6-7,9,12-13,15,17-20,23H2,1-5H3,(H,50,55)/b10-8-/t25-,26-,27-,29-,32+,35+,43-/m1/s1. The van der Waals surface area contributed by atoms with Crippen LogP contribution in [-0.2, 0) is 33.9 Å². The number of alkyl halides is 3. The molecule has 0 spiro atoms. The molecule has 2 saturated carbocycles. The summed E-state index contributed by atoms with van der Waals surface area (Å²) < 4.78 is 92.4. The maximum atomic E-state index is 15.1. The van der Waals surface area contributed by atoms with Gasteiger partial charge in [-0.3, -0.25) is 23.9 Å². The molecule has 1 saturated heterocycles. The lowest BCUT2D eigenvalue weighted by atomic mass is 9.79. The molecule has 0 radical (unpaired) electrons. The number of esters is 1. The molecule has 4 aliphatic rings. The number of allylic oxidation sites excluding steroid dienone is 2. The number of ketones is 1. The van der Waals surface area contributed by atoms with E-state index in [1.54, 1.807) is 18.2 Å². The van der Waals surface area contributed by atoms with Crippen LogP contribution in [0.4, 0.5) is 13.2 Å². The van der Waals surface area contributed by atoms with E-state index in [1.807, 2.05) is 26.0 Å². The van der Waals surface area contributed by atoms with Crippen molar-refractivity contribution < 1.29 is 59.4 Å². The van der Waals surface area contributed by atoms with Crippen molar-refractivity contribution in [3.8, 4) is 23.0 Å². The molecule has 1 aromatic carbocycles. The first kappa shape index (κ1) is 45.0. The van der Waals surface area contributed by atoms with E-state index in [0.29, 0.717) is 66.4 Å². The number of carbonyl (C=O) groups is 4. The normalized spacial score (nSPS) is 28.0. The lowest BCUT2D eigenvalue weighted by Crippen LogP contribution is -2.48. The highest BCUT2D eigenvalue weighted by atomic mass is 32.2. The molecule has 3 aromatic rings. The summed E-state index contributed by atoms with van der Waals surface area (Å²) in [7, 11) is -2.43. The van der Waals surface area contributed by atoms with Crippen LogP contribution in [-0.4, -0.2) is 89.7 Å². The number of pyridine rings is 1. The van der Waals surface area contributed by atoms with E-state index >= 15 is 4.79 Å². The van der Waals surface area contributed by atoms with Gasteiger partial charge in [0.15, 0.2) is 17.9 Å². The molecule has 7 atom stereocenters. The van der Waals surface area contributed by atoms with Crippen molar-refractivity contribution in [3.63, 3.8) is 0 Å². The Morgan fingerprint density at radius 1 is 1.08 bits per heavy atom. The zero-order chi connectivity index (χ0) is 44.8. The van der Waals surface area contributed by atoms with Crippen molar-refractivity contribution in [2.45, 2.75) is 121 Å². The Labute approximate surface area is 358 Å². The second-order valence-electron chi connectivity index (χ2n) is 17.8. The molecule has 1 N–H and O–H groups in total. The molecule has 7 rings (SSSR count). The fraction of sp³-hybridized carbons (Fsp3) is 0.591. The van der Waals surface area contributed by atoms with Gasteiger partial charge in [0.25, 0.3) is 0 Å². The number of Topliss-reactive ketones (excluding diaryl/α,β-unsaturated/α-hetero) is 1. The van der Waals surface area contributed by atoms with Crippen LogP contribution in [0.2, 0.25) is 0 Å². The number of aromatic nitrogens is 2. The quantitative estimate of drug-likeness (QED) is 0.152. The van der Waals surface area contributed by atoms with Gasteiger partial charge >= 0.3 is 12.1 Å². The third-order valence-electron chi connectivity index (χ3n) is 13.0. The van der Waals surface area contributed by atoms with Gasteiger partial charge in [-0.2, -0.15) is 13.2 Å². The van der Waals surface area contributed by atoms with E-state index in [1.165, 1.54) is 30.8 Å². The van der Waals surface area contributed by atoms with E-state index in [-0.39, 0.29) is 37.6 Å². The minimum atomic E-state index is -4.88. The summed E-state index contributed by atoms with van der Waals surface area (Å²) in [5.41, 5.74) is -3.62. The maximum Gasteiger partial charge on any atom is 0.427 e. The number of oxazole rings is 1. The van der Waals surface area contributed by atoms with Crippen molar-refractivity contribution in [1.82, 2.24) is 19.6 Å². The van der Waals surface area contributed by atoms with E-state index in [0.717, 1.165) is 13.8 Å². The van der Waals surface area contributed by atoms with Gasteiger partial charge in [-0.15, -0.1) is 0 Å². The Balaban J connectivity index is 1.26. The molecule has 14 nitrogen and oxygen atoms in total. The number of carbonyl (C=O) groups excluding carboxylic acids is 4. The largest absolute Gasteiger partial charge is 0.497 e. The van der Waals surface area contributed by atoms with Crippen LogP contribution in [0.3, 0.4) is 0 Å². The van der Waals surface area contributed by atoms with Crippen LogP contribution in [0.25, 0.3) is 22.1 Å². The Hall–Kier alpha value is -5.00. The second-order valence-corrected chi connectivity index (χ2v) is 19.8. The average molecular weight is 887 g/mol. The smallest absolute Gasteiger partial charge is 0.427 e. The third-order valence-corrected chi connectivity index (χ3v) is 14.8. The summed E-state index contributed by atoms with van der Waals surface area (Å²) in [6.07, 6.45) is 4.46. The average Bonchev–Trinajstić information content (AvgIpc) is 4.08. The Kier molecular flexibility index (Phi) is 12.6. The molecule has 2 aliphatic heterocycles. The number of benzene rings is 1. The zero-order valence-corrected chi connectivity index (χ0v) is 36.2. The van der Waals surface area contributed by atoms with Crippen LogP contribution in [0.1, 0.15) is 91.9 Å². The van der Waals surface area contributed by atoms with Crippen LogP contribution in [0, 0.1) is 29.1 Å². The molecule has 2 amide bonds. The van der Waals surface area contributed by atoms with Crippen molar-refractivity contribution in [2.24, 2.45) is 29.1 Å². The van der Waals surface area contributed by atoms with Crippen molar-refractivity contribution >= 4 is 44.4 Å². The summed E-state index contributed by atoms with van der Waals surface area (Å²) in [5, 5.41) is 0.520. The Bertz CT molecular complexity index is 2330. The molecule has 0 bridgehead atoms. The van der Waals surface area contributed by atoms with E-state index in [2.05, 4.69) is 14.7 Å². The number of nitrogens with one attached hydrogen (secondary N) is 1. The van der Waals surface area contributed by atoms with Gasteiger partial charge in [0, 0.05) is 35.4 Å². The van der Waals surface area contributed by atoms with Crippen molar-refractivity contribution in [1.29, 1.82) is 0 Å². The Morgan fingerprint density at radius 3 is 2.50 bits per heavy atom.